The molecule has 0 aromatic heterocycles. The van der Waals surface area contributed by atoms with E-state index in [0.29, 0.717) is 11.1 Å². The zero-order chi connectivity index (χ0) is 23.8. The lowest BCUT2D eigenvalue weighted by molar-refractivity contribution is -0.134. The van der Waals surface area contributed by atoms with Crippen LogP contribution in [0.15, 0.2) is 84.9 Å². The number of halogens is 1. The second-order valence-electron chi connectivity index (χ2n) is 7.43. The van der Waals surface area contributed by atoms with E-state index in [-0.39, 0.29) is 6.42 Å². The molecule has 33 heavy (non-hydrogen) atoms. The Morgan fingerprint density at radius 1 is 0.848 bits per heavy atom. The maximum Gasteiger partial charge on any atom is 0.252 e. The maximum absolute atomic E-state index is 12.9. The Kier molecular flexibility index (Phi) is 8.56. The number of aliphatic hydroxyl groups excluding tert-OH is 1. The smallest absolute Gasteiger partial charge is 0.252 e. The van der Waals surface area contributed by atoms with Gasteiger partial charge in [0.05, 0.1) is 6.04 Å². The molecule has 0 aliphatic heterocycles. The van der Waals surface area contributed by atoms with E-state index in [2.05, 4.69) is 33.2 Å². The van der Waals surface area contributed by atoms with Crippen LogP contribution in [0.2, 0.25) is 0 Å². The van der Waals surface area contributed by atoms with Gasteiger partial charge in [-0.1, -0.05) is 66.7 Å². The Morgan fingerprint density at radius 3 is 2.03 bits per heavy atom. The number of benzene rings is 3. The highest BCUT2D eigenvalue weighted by Crippen LogP contribution is 2.19. The standard InChI is InChI=1S/C25H24IN3O4/c26-19-14-8-7-13-18(19)15-20(23(27)31)28-25(33)22(30)21(16-9-3-1-4-10-16)29-24(32)17-11-5-2-6-12-17/h1-14,20-22,30H,15H2,(H2,27,31)(H,28,33)(H,29,32)/t20-,21-,22+/m0/s1. The summed E-state index contributed by atoms with van der Waals surface area (Å²) >= 11 is 2.14. The van der Waals surface area contributed by atoms with Gasteiger partial charge >= 0.3 is 0 Å². The topological polar surface area (TPSA) is 122 Å². The number of aliphatic hydroxyl groups is 1. The van der Waals surface area contributed by atoms with Crippen LogP contribution in [-0.4, -0.2) is 35.0 Å². The molecule has 170 valence electrons. The number of carbonyl (C=O) groups excluding carboxylic acids is 3. The van der Waals surface area contributed by atoms with Gasteiger partial charge in [-0.25, -0.2) is 0 Å². The van der Waals surface area contributed by atoms with Gasteiger partial charge in [-0.05, 0) is 51.9 Å². The van der Waals surface area contributed by atoms with Crippen LogP contribution in [-0.2, 0) is 16.0 Å². The Hall–Kier alpha value is -3.24. The highest BCUT2D eigenvalue weighted by Gasteiger charge is 2.32. The first kappa shape index (κ1) is 24.4. The van der Waals surface area contributed by atoms with Crippen molar-refractivity contribution in [1.82, 2.24) is 10.6 Å². The molecule has 8 heteroatoms. The summed E-state index contributed by atoms with van der Waals surface area (Å²) in [6, 6.07) is 22.5. The first-order chi connectivity index (χ1) is 15.9. The van der Waals surface area contributed by atoms with Crippen LogP contribution in [0.1, 0.15) is 27.5 Å². The first-order valence-corrected chi connectivity index (χ1v) is 11.4. The highest BCUT2D eigenvalue weighted by atomic mass is 127. The average Bonchev–Trinajstić information content (AvgIpc) is 2.83. The van der Waals surface area contributed by atoms with E-state index in [4.69, 9.17) is 5.73 Å². The summed E-state index contributed by atoms with van der Waals surface area (Å²) < 4.78 is 0.924. The van der Waals surface area contributed by atoms with Gasteiger partial charge in [0.2, 0.25) is 5.91 Å². The monoisotopic (exact) mass is 557 g/mol. The summed E-state index contributed by atoms with van der Waals surface area (Å²) in [5.41, 5.74) is 7.29. The molecule has 0 radical (unpaired) electrons. The molecule has 3 rings (SSSR count). The fourth-order valence-electron chi connectivity index (χ4n) is 3.33. The molecule has 0 fully saturated rings. The Bertz CT molecular complexity index is 1110. The van der Waals surface area contributed by atoms with Crippen molar-refractivity contribution < 1.29 is 19.5 Å². The van der Waals surface area contributed by atoms with Crippen LogP contribution < -0.4 is 16.4 Å². The van der Waals surface area contributed by atoms with E-state index in [1.54, 1.807) is 60.7 Å². The lowest BCUT2D eigenvalue weighted by Gasteiger charge is -2.26. The van der Waals surface area contributed by atoms with Crippen LogP contribution >= 0.6 is 22.6 Å². The van der Waals surface area contributed by atoms with Crippen LogP contribution in [0.4, 0.5) is 0 Å². The van der Waals surface area contributed by atoms with Gasteiger partial charge in [0.1, 0.15) is 6.04 Å². The minimum Gasteiger partial charge on any atom is -0.381 e. The molecule has 0 saturated heterocycles. The molecule has 3 aromatic rings. The van der Waals surface area contributed by atoms with Gasteiger partial charge in [-0.3, -0.25) is 14.4 Å². The van der Waals surface area contributed by atoms with Crippen molar-refractivity contribution >= 4 is 40.3 Å². The predicted octanol–water partition coefficient (Wildman–Crippen LogP) is 2.34. The van der Waals surface area contributed by atoms with Crippen molar-refractivity contribution in [2.45, 2.75) is 24.6 Å². The second kappa shape index (κ2) is 11.6. The highest BCUT2D eigenvalue weighted by molar-refractivity contribution is 14.1. The molecule has 7 nitrogen and oxygen atoms in total. The fraction of sp³-hybridized carbons (Fsp3) is 0.160. The lowest BCUT2D eigenvalue weighted by atomic mass is 9.99. The van der Waals surface area contributed by atoms with Crippen molar-refractivity contribution in [2.24, 2.45) is 5.73 Å². The Morgan fingerprint density at radius 2 is 1.42 bits per heavy atom. The number of rotatable bonds is 9. The normalized spacial score (nSPS) is 13.4. The zero-order valence-corrected chi connectivity index (χ0v) is 19.8. The molecule has 3 atom stereocenters. The second-order valence-corrected chi connectivity index (χ2v) is 8.59. The van der Waals surface area contributed by atoms with E-state index in [9.17, 15) is 19.5 Å². The van der Waals surface area contributed by atoms with E-state index in [1.165, 1.54) is 0 Å². The van der Waals surface area contributed by atoms with Gasteiger partial charge in [0, 0.05) is 15.6 Å². The molecule has 0 unspecified atom stereocenters. The van der Waals surface area contributed by atoms with Crippen molar-refractivity contribution in [3.05, 3.63) is 105 Å². The molecule has 0 aliphatic rings. The van der Waals surface area contributed by atoms with Crippen LogP contribution in [0.25, 0.3) is 0 Å². The van der Waals surface area contributed by atoms with E-state index < -0.39 is 35.9 Å². The minimum absolute atomic E-state index is 0.180. The predicted molar refractivity (Wildman–Crippen MR) is 133 cm³/mol. The van der Waals surface area contributed by atoms with Crippen molar-refractivity contribution in [3.63, 3.8) is 0 Å². The largest absolute Gasteiger partial charge is 0.381 e. The summed E-state index contributed by atoms with van der Waals surface area (Å²) in [5.74, 6) is -1.98. The van der Waals surface area contributed by atoms with Gasteiger partial charge in [0.25, 0.3) is 11.8 Å². The van der Waals surface area contributed by atoms with Crippen molar-refractivity contribution in [1.29, 1.82) is 0 Å². The molecule has 0 aliphatic carbocycles. The average molecular weight is 557 g/mol. The molecule has 0 spiro atoms. The Labute approximate surface area is 205 Å². The van der Waals surface area contributed by atoms with Gasteiger partial charge in [0.15, 0.2) is 6.10 Å². The zero-order valence-electron chi connectivity index (χ0n) is 17.6. The maximum atomic E-state index is 12.9. The Balaban J connectivity index is 1.79. The van der Waals surface area contributed by atoms with E-state index in [1.807, 2.05) is 24.3 Å². The third-order valence-corrected chi connectivity index (χ3v) is 6.16. The van der Waals surface area contributed by atoms with Gasteiger partial charge in [-0.2, -0.15) is 0 Å². The lowest BCUT2D eigenvalue weighted by Crippen LogP contribution is -2.52. The number of carbonyl (C=O) groups is 3. The molecule has 0 heterocycles. The first-order valence-electron chi connectivity index (χ1n) is 10.3. The number of nitrogens with one attached hydrogen (secondary N) is 2. The summed E-state index contributed by atoms with van der Waals surface area (Å²) in [4.78, 5) is 37.7. The molecular weight excluding hydrogens is 533 g/mol. The number of hydrogen-bond donors (Lipinski definition) is 4. The van der Waals surface area contributed by atoms with Crippen LogP contribution in [0.3, 0.4) is 0 Å². The van der Waals surface area contributed by atoms with E-state index >= 15 is 0 Å². The summed E-state index contributed by atoms with van der Waals surface area (Å²) in [6.45, 7) is 0. The molecule has 0 bridgehead atoms. The SMILES string of the molecule is NC(=O)[C@H](Cc1ccccc1I)NC(=O)[C@H](O)[C@@H](NC(=O)c1ccccc1)c1ccccc1. The molecule has 3 aromatic carbocycles. The molecular formula is C25H24IN3O4. The molecule has 3 amide bonds. The van der Waals surface area contributed by atoms with E-state index in [0.717, 1.165) is 9.13 Å². The number of hydrogen-bond acceptors (Lipinski definition) is 4. The number of primary amides is 1. The third kappa shape index (κ3) is 6.62. The summed E-state index contributed by atoms with van der Waals surface area (Å²) in [6.07, 6.45) is -1.48. The molecule has 0 saturated carbocycles. The quantitative estimate of drug-likeness (QED) is 0.302. The minimum atomic E-state index is -1.66. The van der Waals surface area contributed by atoms with Crippen LogP contribution in [0, 0.1) is 3.57 Å². The van der Waals surface area contributed by atoms with Crippen LogP contribution in [0.5, 0.6) is 0 Å². The summed E-state index contributed by atoms with van der Waals surface area (Å²) in [5, 5.41) is 16.2. The number of amides is 3. The molecule has 5 N–H and O–H groups in total. The van der Waals surface area contributed by atoms with Gasteiger partial charge in [-0.15, -0.1) is 0 Å². The third-order valence-electron chi connectivity index (χ3n) is 5.11. The van der Waals surface area contributed by atoms with Crippen molar-refractivity contribution in [3.8, 4) is 0 Å². The fourth-order valence-corrected chi connectivity index (χ4v) is 3.94. The van der Waals surface area contributed by atoms with Crippen molar-refractivity contribution in [2.75, 3.05) is 0 Å². The van der Waals surface area contributed by atoms with Gasteiger partial charge < -0.3 is 21.5 Å². The number of nitrogens with two attached hydrogens (primary N) is 1. The summed E-state index contributed by atoms with van der Waals surface area (Å²) in [7, 11) is 0.